The van der Waals surface area contributed by atoms with Gasteiger partial charge in [0.2, 0.25) is 0 Å². The number of H-pyrrole nitrogens is 1. The van der Waals surface area contributed by atoms with Crippen LogP contribution in [0.1, 0.15) is 16.8 Å². The van der Waals surface area contributed by atoms with Gasteiger partial charge in [-0.2, -0.15) is 0 Å². The summed E-state index contributed by atoms with van der Waals surface area (Å²) in [5.74, 6) is 0. The molecule has 4 nitrogen and oxygen atoms in total. The molecule has 3 rings (SSSR count). The lowest BCUT2D eigenvalue weighted by atomic mass is 10.2. The number of fused-ring (bicyclic) bond motifs is 1. The highest BCUT2D eigenvalue weighted by Gasteiger charge is 2.19. The lowest BCUT2D eigenvalue weighted by Gasteiger charge is -2.06. The molecule has 4 heteroatoms. The Bertz CT molecular complexity index is 577. The van der Waals surface area contributed by atoms with Gasteiger partial charge in [0.25, 0.3) is 5.56 Å². The number of aromatic nitrogens is 2. The van der Waals surface area contributed by atoms with Crippen molar-refractivity contribution in [3.63, 3.8) is 0 Å². The number of nitrogens with zero attached hydrogens (tertiary/aromatic N) is 1. The van der Waals surface area contributed by atoms with Crippen LogP contribution in [0.25, 0.3) is 5.69 Å². The second-order valence-electron chi connectivity index (χ2n) is 4.14. The average molecular weight is 215 g/mol. The largest absolute Gasteiger partial charge is 0.307 e. The summed E-state index contributed by atoms with van der Waals surface area (Å²) in [5.41, 5.74) is 4.15. The van der Waals surface area contributed by atoms with E-state index in [0.717, 1.165) is 23.5 Å². The molecule has 0 unspecified atom stereocenters. The van der Waals surface area contributed by atoms with E-state index < -0.39 is 0 Å². The molecule has 0 radical (unpaired) electrons. The van der Waals surface area contributed by atoms with Crippen LogP contribution in [0.3, 0.4) is 0 Å². The zero-order valence-corrected chi connectivity index (χ0v) is 9.08. The molecule has 0 amide bonds. The van der Waals surface area contributed by atoms with Crippen molar-refractivity contribution in [1.29, 1.82) is 0 Å². The van der Waals surface area contributed by atoms with Gasteiger partial charge in [0.1, 0.15) is 0 Å². The molecule has 82 valence electrons. The van der Waals surface area contributed by atoms with Gasteiger partial charge >= 0.3 is 0 Å². The van der Waals surface area contributed by atoms with Gasteiger partial charge in [-0.25, -0.2) is 0 Å². The van der Waals surface area contributed by atoms with E-state index in [0.29, 0.717) is 6.54 Å². The number of nitrogens with one attached hydrogen (secondary N) is 2. The SMILES string of the molecule is Cc1ccc(-n2[nH]c(=O)c3c2CNC3)cc1. The van der Waals surface area contributed by atoms with Crippen LogP contribution in [0.15, 0.2) is 29.1 Å². The predicted molar refractivity (Wildman–Crippen MR) is 61.7 cm³/mol. The van der Waals surface area contributed by atoms with Gasteiger partial charge in [-0.05, 0) is 19.1 Å². The lowest BCUT2D eigenvalue weighted by Crippen LogP contribution is -2.13. The summed E-state index contributed by atoms with van der Waals surface area (Å²) in [6, 6.07) is 8.12. The van der Waals surface area contributed by atoms with Crippen LogP contribution in [0.4, 0.5) is 0 Å². The molecule has 0 bridgehead atoms. The lowest BCUT2D eigenvalue weighted by molar-refractivity contribution is 0.704. The molecule has 0 atom stereocenters. The summed E-state index contributed by atoms with van der Waals surface area (Å²) in [6.07, 6.45) is 0. The molecule has 2 aromatic rings. The zero-order chi connectivity index (χ0) is 11.1. The third-order valence-corrected chi connectivity index (χ3v) is 2.99. The third-order valence-electron chi connectivity index (χ3n) is 2.99. The van der Waals surface area contributed by atoms with Crippen LogP contribution in [-0.4, -0.2) is 9.78 Å². The number of hydrogen-bond donors (Lipinski definition) is 2. The van der Waals surface area contributed by atoms with E-state index in [9.17, 15) is 4.79 Å². The number of benzene rings is 1. The van der Waals surface area contributed by atoms with Crippen LogP contribution in [0, 0.1) is 6.92 Å². The van der Waals surface area contributed by atoms with E-state index in [4.69, 9.17) is 0 Å². The van der Waals surface area contributed by atoms with Crippen LogP contribution in [0.5, 0.6) is 0 Å². The van der Waals surface area contributed by atoms with Crippen LogP contribution < -0.4 is 10.9 Å². The van der Waals surface area contributed by atoms with Crippen molar-refractivity contribution in [3.05, 3.63) is 51.4 Å². The standard InChI is InChI=1S/C12H13N3O/c1-8-2-4-9(5-3-8)15-11-7-13-6-10(11)12(16)14-15/h2-5,13H,6-7H2,1H3,(H,14,16). The third kappa shape index (κ3) is 1.31. The molecule has 1 aromatic heterocycles. The molecule has 0 saturated carbocycles. The van der Waals surface area contributed by atoms with E-state index in [1.807, 2.05) is 35.9 Å². The molecule has 0 saturated heterocycles. The molecule has 0 fully saturated rings. The monoisotopic (exact) mass is 215 g/mol. The maximum absolute atomic E-state index is 11.7. The van der Waals surface area contributed by atoms with Gasteiger partial charge in [-0.15, -0.1) is 0 Å². The molecule has 0 aliphatic carbocycles. The molecule has 1 aromatic carbocycles. The van der Waals surface area contributed by atoms with Gasteiger partial charge in [0, 0.05) is 13.1 Å². The second-order valence-corrected chi connectivity index (χ2v) is 4.14. The Kier molecular flexibility index (Phi) is 1.97. The highest BCUT2D eigenvalue weighted by atomic mass is 16.1. The molecule has 1 aliphatic rings. The number of aromatic amines is 1. The minimum absolute atomic E-state index is 0.0144. The van der Waals surface area contributed by atoms with Crippen molar-refractivity contribution in [3.8, 4) is 5.69 Å². The normalized spacial score (nSPS) is 14.1. The van der Waals surface area contributed by atoms with E-state index in [1.54, 1.807) is 0 Å². The Morgan fingerprint density at radius 1 is 1.19 bits per heavy atom. The Balaban J connectivity index is 2.17. The number of rotatable bonds is 1. The number of aryl methyl sites for hydroxylation is 1. The van der Waals surface area contributed by atoms with Crippen LogP contribution in [-0.2, 0) is 13.1 Å². The van der Waals surface area contributed by atoms with Gasteiger partial charge in [-0.3, -0.25) is 14.6 Å². The Morgan fingerprint density at radius 2 is 1.94 bits per heavy atom. The second kappa shape index (κ2) is 3.35. The van der Waals surface area contributed by atoms with Crippen molar-refractivity contribution < 1.29 is 0 Å². The molecule has 16 heavy (non-hydrogen) atoms. The highest BCUT2D eigenvalue weighted by molar-refractivity contribution is 5.38. The summed E-state index contributed by atoms with van der Waals surface area (Å²) < 4.78 is 1.87. The van der Waals surface area contributed by atoms with Crippen molar-refractivity contribution >= 4 is 0 Å². The molecular formula is C12H13N3O. The first-order chi connectivity index (χ1) is 7.75. The van der Waals surface area contributed by atoms with Crippen molar-refractivity contribution in [1.82, 2.24) is 15.1 Å². The van der Waals surface area contributed by atoms with Crippen molar-refractivity contribution in [2.24, 2.45) is 0 Å². The van der Waals surface area contributed by atoms with E-state index in [1.165, 1.54) is 5.56 Å². The summed E-state index contributed by atoms with van der Waals surface area (Å²) in [6.45, 7) is 3.47. The van der Waals surface area contributed by atoms with Gasteiger partial charge < -0.3 is 5.32 Å². The van der Waals surface area contributed by atoms with E-state index >= 15 is 0 Å². The minimum atomic E-state index is 0.0144. The fourth-order valence-electron chi connectivity index (χ4n) is 2.09. The van der Waals surface area contributed by atoms with E-state index in [-0.39, 0.29) is 5.56 Å². The first kappa shape index (κ1) is 9.42. The molecule has 1 aliphatic heterocycles. The Morgan fingerprint density at radius 3 is 2.69 bits per heavy atom. The minimum Gasteiger partial charge on any atom is -0.307 e. The molecule has 2 N–H and O–H groups in total. The maximum Gasteiger partial charge on any atom is 0.269 e. The predicted octanol–water partition coefficient (Wildman–Crippen LogP) is 1.08. The van der Waals surface area contributed by atoms with Gasteiger partial charge in [0.05, 0.1) is 16.9 Å². The summed E-state index contributed by atoms with van der Waals surface area (Å²) >= 11 is 0. The quantitative estimate of drug-likeness (QED) is 0.747. The fourth-order valence-corrected chi connectivity index (χ4v) is 2.09. The molecule has 0 spiro atoms. The summed E-state index contributed by atoms with van der Waals surface area (Å²) in [7, 11) is 0. The van der Waals surface area contributed by atoms with Gasteiger partial charge in [-0.1, -0.05) is 17.7 Å². The van der Waals surface area contributed by atoms with E-state index in [2.05, 4.69) is 10.4 Å². The van der Waals surface area contributed by atoms with Crippen LogP contribution >= 0.6 is 0 Å². The fraction of sp³-hybridized carbons (Fsp3) is 0.250. The Hall–Kier alpha value is -1.81. The first-order valence-electron chi connectivity index (χ1n) is 5.36. The Labute approximate surface area is 92.9 Å². The smallest absolute Gasteiger partial charge is 0.269 e. The topological polar surface area (TPSA) is 49.8 Å². The molecular weight excluding hydrogens is 202 g/mol. The number of hydrogen-bond acceptors (Lipinski definition) is 2. The van der Waals surface area contributed by atoms with Crippen molar-refractivity contribution in [2.75, 3.05) is 0 Å². The average Bonchev–Trinajstić information content (AvgIpc) is 2.84. The van der Waals surface area contributed by atoms with Crippen molar-refractivity contribution in [2.45, 2.75) is 20.0 Å². The van der Waals surface area contributed by atoms with Crippen LogP contribution in [0.2, 0.25) is 0 Å². The van der Waals surface area contributed by atoms with Gasteiger partial charge in [0.15, 0.2) is 0 Å². The zero-order valence-electron chi connectivity index (χ0n) is 9.08. The first-order valence-corrected chi connectivity index (χ1v) is 5.36. The maximum atomic E-state index is 11.7. The summed E-state index contributed by atoms with van der Waals surface area (Å²) in [5, 5.41) is 6.06. The highest BCUT2D eigenvalue weighted by Crippen LogP contribution is 2.16. The molecule has 2 heterocycles. The summed E-state index contributed by atoms with van der Waals surface area (Å²) in [4.78, 5) is 11.7.